The minimum atomic E-state index is -1.12. The molecule has 0 saturated carbocycles. The van der Waals surface area contributed by atoms with Crippen LogP contribution >= 0.6 is 22.7 Å². The van der Waals surface area contributed by atoms with Gasteiger partial charge in [0.05, 0.1) is 23.4 Å². The molecule has 0 aliphatic heterocycles. The number of thiazole rings is 2. The van der Waals surface area contributed by atoms with E-state index in [0.717, 1.165) is 20.9 Å². The number of benzene rings is 2. The molecule has 0 atom stereocenters. The van der Waals surface area contributed by atoms with Crippen LogP contribution < -0.4 is 20.3 Å². The summed E-state index contributed by atoms with van der Waals surface area (Å²) >= 11 is 2.83. The monoisotopic (exact) mass is 674 g/mol. The van der Waals surface area contributed by atoms with Crippen LogP contribution in [0.3, 0.4) is 0 Å². The van der Waals surface area contributed by atoms with Crippen LogP contribution in [0.15, 0.2) is 48.5 Å². The second kappa shape index (κ2) is 15.7. The molecule has 0 bridgehead atoms. The predicted octanol–water partition coefficient (Wildman–Crippen LogP) is 5.71. The van der Waals surface area contributed by atoms with Crippen LogP contribution in [0.5, 0.6) is 5.75 Å². The molecule has 14 heteroatoms. The Balaban J connectivity index is 1.30. The molecule has 0 aliphatic rings. The van der Waals surface area contributed by atoms with Crippen LogP contribution in [-0.2, 0) is 6.42 Å². The Hall–Kier alpha value is -4.68. The Morgan fingerprint density at radius 2 is 1.91 bits per heavy atom. The number of aryl methyl sites for hydroxylation is 2. The molecule has 0 spiro atoms. The Bertz CT molecular complexity index is 1880. The van der Waals surface area contributed by atoms with E-state index in [4.69, 9.17) is 4.74 Å². The first kappa shape index (κ1) is 33.7. The van der Waals surface area contributed by atoms with E-state index in [0.29, 0.717) is 59.7 Å². The first-order valence-electron chi connectivity index (χ1n) is 14.9. The number of halogens is 1. The molecule has 5 rings (SSSR count). The molecular formula is C33H35FN8O3S2. The molecule has 0 unspecified atom stereocenters. The lowest BCUT2D eigenvalue weighted by Crippen LogP contribution is -2.29. The first-order valence-corrected chi connectivity index (χ1v) is 16.5. The van der Waals surface area contributed by atoms with Crippen LogP contribution in [0.25, 0.3) is 10.2 Å². The maximum atomic E-state index is 14.5. The summed E-state index contributed by atoms with van der Waals surface area (Å²) in [6.07, 6.45) is 0.861. The average Bonchev–Trinajstić information content (AvgIpc) is 3.65. The molecule has 0 amide bonds. The van der Waals surface area contributed by atoms with Crippen molar-refractivity contribution in [2.24, 2.45) is 0 Å². The number of nitrogens with zero attached hydrogens (tertiary/aromatic N) is 6. The standard InChI is InChI=1S/C33H35FN8O3S2/c1-21-19-28(39-40-30(21)38-32-36-24-10-5-6-11-26(24)46-32)42(17-16-41(3)4)33-37-29(31(43)44)27(47-33)12-8-18-45-25-14-13-22(20-23(25)34)9-7-15-35-2/h5-6,10-11,13-14,19-20,35H,8,12,15-18H2,1-4H3,(H,43,44)(H,36,38,40). The van der Waals surface area contributed by atoms with Gasteiger partial charge in [-0.25, -0.2) is 19.2 Å². The molecule has 244 valence electrons. The highest BCUT2D eigenvalue weighted by molar-refractivity contribution is 7.22. The number of hydrogen-bond donors (Lipinski definition) is 3. The summed E-state index contributed by atoms with van der Waals surface area (Å²) in [5.74, 6) is 5.42. The third-order valence-corrected chi connectivity index (χ3v) is 8.98. The Morgan fingerprint density at radius 3 is 2.64 bits per heavy atom. The number of carboxylic acid groups (broad SMARTS) is 1. The van der Waals surface area contributed by atoms with Crippen LogP contribution in [0.1, 0.15) is 32.9 Å². The summed E-state index contributed by atoms with van der Waals surface area (Å²) in [4.78, 5) is 25.9. The van der Waals surface area contributed by atoms with Crippen molar-refractivity contribution >= 4 is 60.8 Å². The highest BCUT2D eigenvalue weighted by Crippen LogP contribution is 2.34. The van der Waals surface area contributed by atoms with Gasteiger partial charge in [0.15, 0.2) is 39.2 Å². The van der Waals surface area contributed by atoms with Crippen LogP contribution in [0.4, 0.5) is 26.3 Å². The summed E-state index contributed by atoms with van der Waals surface area (Å²) in [5, 5.41) is 26.3. The van der Waals surface area contributed by atoms with Gasteiger partial charge in [-0.05, 0) is 82.9 Å². The molecule has 3 N–H and O–H groups in total. The molecule has 3 heterocycles. The summed E-state index contributed by atoms with van der Waals surface area (Å²) in [6, 6.07) is 14.4. The molecule has 0 saturated heterocycles. The minimum absolute atomic E-state index is 0.0191. The summed E-state index contributed by atoms with van der Waals surface area (Å²) in [6.45, 7) is 3.82. The van der Waals surface area contributed by atoms with Crippen molar-refractivity contribution in [3.05, 3.63) is 76.0 Å². The quantitative estimate of drug-likeness (QED) is 0.0989. The molecule has 11 nitrogen and oxygen atoms in total. The lowest BCUT2D eigenvalue weighted by atomic mass is 10.2. The Labute approximate surface area is 280 Å². The fourth-order valence-electron chi connectivity index (χ4n) is 4.50. The van der Waals surface area contributed by atoms with Gasteiger partial charge in [0, 0.05) is 23.5 Å². The SMILES string of the molecule is CNCC#Cc1ccc(OCCCc2sc(N(CCN(C)C)c3cc(C)c(Nc4nc5ccccc5s4)nn3)nc2C(=O)O)c(F)c1. The van der Waals surface area contributed by atoms with E-state index in [1.54, 1.807) is 19.2 Å². The Morgan fingerprint density at radius 1 is 1.09 bits per heavy atom. The molecular weight excluding hydrogens is 640 g/mol. The number of rotatable bonds is 14. The zero-order chi connectivity index (χ0) is 33.3. The number of fused-ring (bicyclic) bond motifs is 1. The number of hydrogen-bond acceptors (Lipinski definition) is 12. The van der Waals surface area contributed by atoms with Crippen molar-refractivity contribution in [2.45, 2.75) is 19.8 Å². The second-order valence-electron chi connectivity index (χ2n) is 10.8. The zero-order valence-corrected chi connectivity index (χ0v) is 28.1. The maximum Gasteiger partial charge on any atom is 0.355 e. The number of anilines is 4. The van der Waals surface area contributed by atoms with Gasteiger partial charge in [-0.2, -0.15) is 0 Å². The van der Waals surface area contributed by atoms with E-state index in [1.165, 1.54) is 28.7 Å². The van der Waals surface area contributed by atoms with Crippen molar-refractivity contribution in [3.8, 4) is 17.6 Å². The number of ether oxygens (including phenoxy) is 1. The van der Waals surface area contributed by atoms with E-state index in [9.17, 15) is 14.3 Å². The molecule has 0 fully saturated rings. The molecule has 2 aromatic carbocycles. The van der Waals surface area contributed by atoms with E-state index in [2.05, 4.69) is 42.6 Å². The van der Waals surface area contributed by atoms with Gasteiger partial charge in [0.1, 0.15) is 0 Å². The van der Waals surface area contributed by atoms with Gasteiger partial charge in [-0.3, -0.25) is 4.90 Å². The predicted molar refractivity (Wildman–Crippen MR) is 185 cm³/mol. The third-order valence-electron chi connectivity index (χ3n) is 6.89. The summed E-state index contributed by atoms with van der Waals surface area (Å²) in [5.41, 5.74) is 2.30. The van der Waals surface area contributed by atoms with Crippen molar-refractivity contribution in [1.29, 1.82) is 0 Å². The zero-order valence-electron chi connectivity index (χ0n) is 26.5. The number of nitrogens with one attached hydrogen (secondary N) is 2. The van der Waals surface area contributed by atoms with Gasteiger partial charge < -0.3 is 25.4 Å². The molecule has 5 aromatic rings. The van der Waals surface area contributed by atoms with E-state index >= 15 is 0 Å². The topological polar surface area (TPSA) is 129 Å². The largest absolute Gasteiger partial charge is 0.491 e. The fraction of sp³-hybridized carbons (Fsp3) is 0.303. The molecule has 3 aromatic heterocycles. The second-order valence-corrected chi connectivity index (χ2v) is 12.9. The van der Waals surface area contributed by atoms with Crippen LogP contribution in [0, 0.1) is 24.6 Å². The van der Waals surface area contributed by atoms with Gasteiger partial charge >= 0.3 is 5.97 Å². The number of carbonyl (C=O) groups is 1. The average molecular weight is 675 g/mol. The summed E-state index contributed by atoms with van der Waals surface area (Å²) in [7, 11) is 5.71. The van der Waals surface area contributed by atoms with E-state index in [1.807, 2.05) is 61.2 Å². The summed E-state index contributed by atoms with van der Waals surface area (Å²) < 4.78 is 21.3. The van der Waals surface area contributed by atoms with Gasteiger partial charge in [0.25, 0.3) is 0 Å². The number of carboxylic acids is 1. The van der Waals surface area contributed by atoms with Crippen molar-refractivity contribution in [3.63, 3.8) is 0 Å². The number of aromatic carboxylic acids is 1. The third kappa shape index (κ3) is 8.78. The normalized spacial score (nSPS) is 11.0. The van der Waals surface area contributed by atoms with Crippen molar-refractivity contribution in [1.82, 2.24) is 30.4 Å². The minimum Gasteiger partial charge on any atom is -0.491 e. The molecule has 0 radical (unpaired) electrons. The number of para-hydroxylation sites is 1. The number of aromatic nitrogens is 4. The van der Waals surface area contributed by atoms with Gasteiger partial charge in [-0.1, -0.05) is 35.3 Å². The van der Waals surface area contributed by atoms with Crippen LogP contribution in [0.2, 0.25) is 0 Å². The smallest absolute Gasteiger partial charge is 0.355 e. The van der Waals surface area contributed by atoms with E-state index in [-0.39, 0.29) is 18.1 Å². The first-order chi connectivity index (χ1) is 22.7. The van der Waals surface area contributed by atoms with E-state index < -0.39 is 11.8 Å². The molecule has 47 heavy (non-hydrogen) atoms. The van der Waals surface area contributed by atoms with Gasteiger partial charge in [-0.15, -0.1) is 21.5 Å². The van der Waals surface area contributed by atoms with Crippen molar-refractivity contribution in [2.75, 3.05) is 57.6 Å². The lowest BCUT2D eigenvalue weighted by Gasteiger charge is -2.23. The highest BCUT2D eigenvalue weighted by Gasteiger charge is 2.23. The fourth-order valence-corrected chi connectivity index (χ4v) is 6.49. The highest BCUT2D eigenvalue weighted by atomic mass is 32.1. The maximum absolute atomic E-state index is 14.5. The lowest BCUT2D eigenvalue weighted by molar-refractivity contribution is 0.0690. The van der Waals surface area contributed by atoms with Crippen molar-refractivity contribution < 1.29 is 19.0 Å². The number of likely N-dealkylation sites (N-methyl/N-ethyl adjacent to an activating group) is 1. The van der Waals surface area contributed by atoms with Crippen LogP contribution in [-0.4, -0.2) is 83.5 Å². The Kier molecular flexibility index (Phi) is 11.3. The van der Waals surface area contributed by atoms with Gasteiger partial charge in [0.2, 0.25) is 0 Å². The molecule has 0 aliphatic carbocycles.